The van der Waals surface area contributed by atoms with E-state index >= 15 is 0 Å². The molecule has 1 rings (SSSR count). The molecule has 0 bridgehead atoms. The quantitative estimate of drug-likeness (QED) is 0.678. The normalized spacial score (nSPS) is 10.0. The van der Waals surface area contributed by atoms with Crippen molar-refractivity contribution in [1.82, 2.24) is 0 Å². The molecule has 0 amide bonds. The molecule has 0 fully saturated rings. The first kappa shape index (κ1) is 8.20. The van der Waals surface area contributed by atoms with Gasteiger partial charge in [-0.05, 0) is 6.92 Å². The Morgan fingerprint density at radius 2 is 2.45 bits per heavy atom. The van der Waals surface area contributed by atoms with Gasteiger partial charge in [-0.1, -0.05) is 11.3 Å². The van der Waals surface area contributed by atoms with Crippen molar-refractivity contribution in [3.63, 3.8) is 0 Å². The van der Waals surface area contributed by atoms with Crippen LogP contribution in [0.25, 0.3) is 0 Å². The van der Waals surface area contributed by atoms with Crippen molar-refractivity contribution in [2.45, 2.75) is 20.4 Å². The van der Waals surface area contributed by atoms with Crippen LogP contribution in [0.15, 0.2) is 5.38 Å². The first-order valence-electron chi connectivity index (χ1n) is 3.38. The Bertz CT molecular complexity index is 280. The molecular formula is C7H10NO2S+. The molecule has 0 aromatic carbocycles. The molecule has 4 heteroatoms. The van der Waals surface area contributed by atoms with Gasteiger partial charge >= 0.3 is 11.0 Å². The molecule has 0 saturated carbocycles. The van der Waals surface area contributed by atoms with Crippen LogP contribution in [-0.4, -0.2) is 11.1 Å². The number of hydrogen-bond acceptors (Lipinski definition) is 2. The van der Waals surface area contributed by atoms with Crippen LogP contribution in [0.2, 0.25) is 0 Å². The third-order valence-corrected chi connectivity index (χ3v) is 2.59. The molecular weight excluding hydrogens is 162 g/mol. The lowest BCUT2D eigenvalue weighted by Crippen LogP contribution is -2.39. The molecule has 3 nitrogen and oxygen atoms in total. The summed E-state index contributed by atoms with van der Waals surface area (Å²) in [5.41, 5.74) is 1.01. The first-order chi connectivity index (χ1) is 5.16. The topological polar surface area (TPSA) is 41.2 Å². The van der Waals surface area contributed by atoms with Crippen LogP contribution in [-0.2, 0) is 6.54 Å². The van der Waals surface area contributed by atoms with Gasteiger partial charge in [0.15, 0.2) is 5.69 Å². The molecule has 1 aromatic rings. The summed E-state index contributed by atoms with van der Waals surface area (Å²) in [6.07, 6.45) is 0. The van der Waals surface area contributed by atoms with Gasteiger partial charge in [0.2, 0.25) is 0 Å². The van der Waals surface area contributed by atoms with E-state index in [9.17, 15) is 4.79 Å². The number of rotatable bonds is 2. The van der Waals surface area contributed by atoms with Crippen molar-refractivity contribution in [2.75, 3.05) is 0 Å². The highest BCUT2D eigenvalue weighted by molar-refractivity contribution is 7.11. The second kappa shape index (κ2) is 3.00. The summed E-state index contributed by atoms with van der Waals surface area (Å²) in [7, 11) is 0. The van der Waals surface area contributed by atoms with Crippen LogP contribution in [0.3, 0.4) is 0 Å². The van der Waals surface area contributed by atoms with Gasteiger partial charge in [-0.25, -0.2) is 4.79 Å². The number of thiazole rings is 1. The van der Waals surface area contributed by atoms with Crippen LogP contribution < -0.4 is 4.57 Å². The summed E-state index contributed by atoms with van der Waals surface area (Å²) in [6, 6.07) is 0. The molecule has 0 aliphatic heterocycles. The van der Waals surface area contributed by atoms with Crippen LogP contribution in [0.4, 0.5) is 0 Å². The monoisotopic (exact) mass is 172 g/mol. The smallest absolute Gasteiger partial charge is 0.412 e. The third kappa shape index (κ3) is 1.40. The van der Waals surface area contributed by atoms with E-state index in [4.69, 9.17) is 5.11 Å². The summed E-state index contributed by atoms with van der Waals surface area (Å²) >= 11 is 1.27. The second-order valence-corrected chi connectivity index (χ2v) is 3.09. The van der Waals surface area contributed by atoms with E-state index in [-0.39, 0.29) is 0 Å². The fourth-order valence-corrected chi connectivity index (χ4v) is 1.90. The van der Waals surface area contributed by atoms with Crippen LogP contribution in [0, 0.1) is 6.92 Å². The van der Waals surface area contributed by atoms with Gasteiger partial charge < -0.3 is 5.11 Å². The Labute approximate surface area is 68.9 Å². The number of aryl methyl sites for hydroxylation is 1. The maximum absolute atomic E-state index is 10.6. The third-order valence-electron chi connectivity index (χ3n) is 1.51. The molecule has 0 aliphatic rings. The average molecular weight is 172 g/mol. The number of nitrogens with zero attached hydrogens (tertiary/aromatic N) is 1. The minimum Gasteiger partial charge on any atom is -0.473 e. The zero-order chi connectivity index (χ0) is 8.43. The average Bonchev–Trinajstić information content (AvgIpc) is 2.30. The van der Waals surface area contributed by atoms with Crippen molar-refractivity contribution in [3.05, 3.63) is 16.1 Å². The van der Waals surface area contributed by atoms with Gasteiger partial charge in [0.05, 0.1) is 5.38 Å². The molecule has 0 aliphatic carbocycles. The number of carbonyl (C=O) groups is 1. The minimum absolute atomic E-state index is 0.407. The molecule has 1 heterocycles. The number of carboxylic acids is 1. The van der Waals surface area contributed by atoms with Crippen LogP contribution in [0.5, 0.6) is 0 Å². The Morgan fingerprint density at radius 3 is 2.82 bits per heavy atom. The molecule has 1 aromatic heterocycles. The Hall–Kier alpha value is -0.900. The van der Waals surface area contributed by atoms with Crippen molar-refractivity contribution < 1.29 is 14.5 Å². The van der Waals surface area contributed by atoms with E-state index in [1.165, 1.54) is 11.3 Å². The van der Waals surface area contributed by atoms with E-state index in [0.29, 0.717) is 5.01 Å². The van der Waals surface area contributed by atoms with Gasteiger partial charge in [0.1, 0.15) is 6.54 Å². The van der Waals surface area contributed by atoms with Gasteiger partial charge in [0, 0.05) is 6.92 Å². The molecule has 0 radical (unpaired) electrons. The van der Waals surface area contributed by atoms with Gasteiger partial charge in [-0.2, -0.15) is 4.57 Å². The summed E-state index contributed by atoms with van der Waals surface area (Å²) in [5, 5.41) is 11.0. The van der Waals surface area contributed by atoms with Gasteiger partial charge in [-0.3, -0.25) is 0 Å². The largest absolute Gasteiger partial charge is 0.473 e. The van der Waals surface area contributed by atoms with E-state index in [0.717, 1.165) is 12.2 Å². The maximum Gasteiger partial charge on any atom is 0.412 e. The molecule has 0 spiro atoms. The Morgan fingerprint density at radius 1 is 1.82 bits per heavy atom. The van der Waals surface area contributed by atoms with Crippen LogP contribution >= 0.6 is 11.3 Å². The number of hydrogen-bond donors (Lipinski definition) is 1. The maximum atomic E-state index is 10.6. The number of carboxylic acid groups (broad SMARTS) is 1. The molecule has 0 unspecified atom stereocenters. The van der Waals surface area contributed by atoms with E-state index < -0.39 is 5.97 Å². The highest BCUT2D eigenvalue weighted by atomic mass is 32.1. The SMILES string of the molecule is CC[n+]1c(C)csc1C(=O)O. The lowest BCUT2D eigenvalue weighted by atomic mass is 10.5. The van der Waals surface area contributed by atoms with Gasteiger partial charge in [0.25, 0.3) is 0 Å². The molecule has 1 N–H and O–H groups in total. The minimum atomic E-state index is -0.843. The molecule has 0 atom stereocenters. The zero-order valence-electron chi connectivity index (χ0n) is 6.50. The fraction of sp³-hybridized carbons (Fsp3) is 0.429. The summed E-state index contributed by atoms with van der Waals surface area (Å²) < 4.78 is 1.78. The molecule has 0 saturated heterocycles. The summed E-state index contributed by atoms with van der Waals surface area (Å²) in [4.78, 5) is 10.6. The van der Waals surface area contributed by atoms with Crippen LogP contribution in [0.1, 0.15) is 22.4 Å². The summed E-state index contributed by atoms with van der Waals surface area (Å²) in [6.45, 7) is 4.57. The van der Waals surface area contributed by atoms with Crippen molar-refractivity contribution in [1.29, 1.82) is 0 Å². The van der Waals surface area contributed by atoms with Gasteiger partial charge in [-0.15, -0.1) is 0 Å². The second-order valence-electron chi connectivity index (χ2n) is 2.23. The molecule has 11 heavy (non-hydrogen) atoms. The summed E-state index contributed by atoms with van der Waals surface area (Å²) in [5.74, 6) is -0.843. The Kier molecular flexibility index (Phi) is 2.24. The van der Waals surface area contributed by atoms with E-state index in [1.54, 1.807) is 4.57 Å². The predicted octanol–water partition coefficient (Wildman–Crippen LogP) is 1.06. The van der Waals surface area contributed by atoms with Crippen molar-refractivity contribution in [2.24, 2.45) is 0 Å². The molecule has 60 valence electrons. The number of aromatic nitrogens is 1. The highest BCUT2D eigenvalue weighted by Crippen LogP contribution is 2.05. The first-order valence-corrected chi connectivity index (χ1v) is 4.26. The van der Waals surface area contributed by atoms with E-state index in [2.05, 4.69) is 0 Å². The van der Waals surface area contributed by atoms with E-state index in [1.807, 2.05) is 19.2 Å². The Balaban J connectivity index is 3.15. The number of aromatic carboxylic acids is 1. The fourth-order valence-electron chi connectivity index (χ4n) is 0.987. The lowest BCUT2D eigenvalue weighted by molar-refractivity contribution is -0.696. The standard InChI is InChI=1S/C7H9NO2S/c1-3-8-5(2)4-11-6(8)7(9)10/h4H,3H2,1-2H3/p+1. The van der Waals surface area contributed by atoms with Crippen molar-refractivity contribution >= 4 is 17.3 Å². The zero-order valence-corrected chi connectivity index (χ0v) is 7.31. The highest BCUT2D eigenvalue weighted by Gasteiger charge is 2.21. The lowest BCUT2D eigenvalue weighted by Gasteiger charge is -1.89. The van der Waals surface area contributed by atoms with Crippen molar-refractivity contribution in [3.8, 4) is 0 Å². The predicted molar refractivity (Wildman–Crippen MR) is 41.9 cm³/mol.